The molecule has 0 bridgehead atoms. The minimum Gasteiger partial charge on any atom is -0.325 e. The van der Waals surface area contributed by atoms with Gasteiger partial charge in [-0.05, 0) is 25.5 Å². The molecule has 6 heteroatoms. The molecule has 1 N–H and O–H groups in total. The molecule has 0 radical (unpaired) electrons. The van der Waals surface area contributed by atoms with Crippen molar-refractivity contribution in [1.82, 2.24) is 0 Å². The highest BCUT2D eigenvalue weighted by molar-refractivity contribution is 7.99. The molecule has 0 unspecified atom stereocenters. The maximum Gasteiger partial charge on any atom is 0.274 e. The van der Waals surface area contributed by atoms with Crippen LogP contribution in [0, 0.1) is 24.0 Å². The summed E-state index contributed by atoms with van der Waals surface area (Å²) in [7, 11) is 0. The molecule has 0 aromatic heterocycles. The number of nitrogens with zero attached hydrogens (tertiary/aromatic N) is 1. The molecule has 0 aliphatic carbocycles. The lowest BCUT2D eigenvalue weighted by Gasteiger charge is -2.08. The zero-order valence-corrected chi connectivity index (χ0v) is 13.9. The van der Waals surface area contributed by atoms with E-state index in [1.54, 1.807) is 19.1 Å². The molecule has 0 saturated heterocycles. The second-order valence-corrected chi connectivity index (χ2v) is 6.22. The quantitative estimate of drug-likeness (QED) is 0.640. The highest BCUT2D eigenvalue weighted by atomic mass is 32.2. The highest BCUT2D eigenvalue weighted by Gasteiger charge is 2.14. The van der Waals surface area contributed by atoms with Crippen LogP contribution in [-0.2, 0) is 10.5 Å². The first-order chi connectivity index (χ1) is 11.0. The van der Waals surface area contributed by atoms with E-state index >= 15 is 0 Å². The summed E-state index contributed by atoms with van der Waals surface area (Å²) >= 11 is 1.51. The number of carbonyl (C=O) groups excluding carboxylic acids is 1. The van der Waals surface area contributed by atoms with Gasteiger partial charge in [0.25, 0.3) is 5.69 Å². The van der Waals surface area contributed by atoms with Crippen LogP contribution < -0.4 is 5.32 Å². The van der Waals surface area contributed by atoms with Gasteiger partial charge < -0.3 is 5.32 Å². The molecular formula is C17H18N2O3S. The number of nitrogens with one attached hydrogen (secondary N) is 1. The third-order valence-electron chi connectivity index (χ3n) is 3.40. The topological polar surface area (TPSA) is 72.2 Å². The SMILES string of the molecule is Cc1ccc(CSCC(=O)Nc2cccc([N+](=O)[O-])c2C)cc1. The Morgan fingerprint density at radius 3 is 2.52 bits per heavy atom. The van der Waals surface area contributed by atoms with Gasteiger partial charge in [0.1, 0.15) is 0 Å². The minimum absolute atomic E-state index is 0.00936. The number of anilines is 1. The van der Waals surface area contributed by atoms with Crippen molar-refractivity contribution in [3.8, 4) is 0 Å². The normalized spacial score (nSPS) is 10.3. The van der Waals surface area contributed by atoms with E-state index in [0.717, 1.165) is 5.75 Å². The average molecular weight is 330 g/mol. The summed E-state index contributed by atoms with van der Waals surface area (Å²) < 4.78 is 0. The summed E-state index contributed by atoms with van der Waals surface area (Å²) in [6, 6.07) is 12.9. The van der Waals surface area contributed by atoms with Crippen LogP contribution in [0.25, 0.3) is 0 Å². The third-order valence-corrected chi connectivity index (χ3v) is 4.40. The lowest BCUT2D eigenvalue weighted by atomic mass is 10.1. The summed E-state index contributed by atoms with van der Waals surface area (Å²) in [6.07, 6.45) is 0. The molecular weight excluding hydrogens is 312 g/mol. The Balaban J connectivity index is 1.89. The molecule has 2 rings (SSSR count). The van der Waals surface area contributed by atoms with Crippen LogP contribution in [-0.4, -0.2) is 16.6 Å². The van der Waals surface area contributed by atoms with E-state index in [0.29, 0.717) is 17.0 Å². The number of rotatable bonds is 6. The Bertz CT molecular complexity index is 714. The first-order valence-corrected chi connectivity index (χ1v) is 8.30. The Labute approximate surface area is 139 Å². The monoisotopic (exact) mass is 330 g/mol. The van der Waals surface area contributed by atoms with E-state index in [9.17, 15) is 14.9 Å². The lowest BCUT2D eigenvalue weighted by Crippen LogP contribution is -2.15. The zero-order chi connectivity index (χ0) is 16.8. The van der Waals surface area contributed by atoms with Crippen molar-refractivity contribution >= 4 is 29.0 Å². The van der Waals surface area contributed by atoms with Gasteiger partial charge in [-0.3, -0.25) is 14.9 Å². The van der Waals surface area contributed by atoms with Crippen molar-refractivity contribution in [3.63, 3.8) is 0 Å². The minimum atomic E-state index is -0.447. The molecule has 0 aliphatic rings. The predicted octanol–water partition coefficient (Wildman–Crippen LogP) is 4.08. The molecule has 0 saturated carbocycles. The van der Waals surface area contributed by atoms with Gasteiger partial charge in [-0.1, -0.05) is 35.9 Å². The molecule has 0 atom stereocenters. The van der Waals surface area contributed by atoms with Crippen LogP contribution >= 0.6 is 11.8 Å². The lowest BCUT2D eigenvalue weighted by molar-refractivity contribution is -0.385. The van der Waals surface area contributed by atoms with E-state index in [-0.39, 0.29) is 11.6 Å². The molecule has 0 spiro atoms. The summed E-state index contributed by atoms with van der Waals surface area (Å²) in [6.45, 7) is 3.67. The number of thioether (sulfide) groups is 1. The number of carbonyl (C=O) groups is 1. The molecule has 5 nitrogen and oxygen atoms in total. The first kappa shape index (κ1) is 17.0. The molecule has 0 fully saturated rings. The molecule has 120 valence electrons. The highest BCUT2D eigenvalue weighted by Crippen LogP contribution is 2.25. The number of nitro groups is 1. The molecule has 2 aromatic rings. The number of benzene rings is 2. The number of nitro benzene ring substituents is 1. The Morgan fingerprint density at radius 1 is 1.17 bits per heavy atom. The van der Waals surface area contributed by atoms with Crippen LogP contribution in [0.4, 0.5) is 11.4 Å². The van der Waals surface area contributed by atoms with Gasteiger partial charge in [0.2, 0.25) is 5.91 Å². The van der Waals surface area contributed by atoms with Gasteiger partial charge in [-0.25, -0.2) is 0 Å². The molecule has 0 heterocycles. The number of hydrogen-bond acceptors (Lipinski definition) is 4. The standard InChI is InChI=1S/C17H18N2O3S/c1-12-6-8-14(9-7-12)10-23-11-17(20)18-15-4-3-5-16(13(15)2)19(21)22/h3-9H,10-11H2,1-2H3,(H,18,20). The van der Waals surface area contributed by atoms with Crippen molar-refractivity contribution < 1.29 is 9.72 Å². The van der Waals surface area contributed by atoms with E-state index < -0.39 is 4.92 Å². The Hall–Kier alpha value is -2.34. The number of aryl methyl sites for hydroxylation is 1. The van der Waals surface area contributed by atoms with Gasteiger partial charge in [0, 0.05) is 11.8 Å². The van der Waals surface area contributed by atoms with Crippen LogP contribution in [0.5, 0.6) is 0 Å². The second kappa shape index (κ2) is 7.78. The average Bonchev–Trinajstić information content (AvgIpc) is 2.51. The van der Waals surface area contributed by atoms with Crippen molar-refractivity contribution in [1.29, 1.82) is 0 Å². The van der Waals surface area contributed by atoms with E-state index in [1.165, 1.54) is 29.0 Å². The zero-order valence-electron chi connectivity index (χ0n) is 13.0. The van der Waals surface area contributed by atoms with Gasteiger partial charge in [0.15, 0.2) is 0 Å². The summed E-state index contributed by atoms with van der Waals surface area (Å²) in [5, 5.41) is 13.6. The summed E-state index contributed by atoms with van der Waals surface area (Å²) in [4.78, 5) is 22.4. The number of hydrogen-bond donors (Lipinski definition) is 1. The van der Waals surface area contributed by atoms with Crippen LogP contribution in [0.1, 0.15) is 16.7 Å². The van der Waals surface area contributed by atoms with Crippen LogP contribution in [0.2, 0.25) is 0 Å². The van der Waals surface area contributed by atoms with Crippen LogP contribution in [0.15, 0.2) is 42.5 Å². The maximum absolute atomic E-state index is 12.0. The smallest absolute Gasteiger partial charge is 0.274 e. The first-order valence-electron chi connectivity index (χ1n) is 7.14. The summed E-state index contributed by atoms with van der Waals surface area (Å²) in [5.41, 5.74) is 3.34. The fraction of sp³-hybridized carbons (Fsp3) is 0.235. The maximum atomic E-state index is 12.0. The van der Waals surface area contributed by atoms with Crippen molar-refractivity contribution in [2.24, 2.45) is 0 Å². The fourth-order valence-corrected chi connectivity index (χ4v) is 2.88. The molecule has 23 heavy (non-hydrogen) atoms. The molecule has 2 aromatic carbocycles. The molecule has 1 amide bonds. The number of amides is 1. The fourth-order valence-electron chi connectivity index (χ4n) is 2.09. The molecule has 0 aliphatic heterocycles. The van der Waals surface area contributed by atoms with E-state index in [4.69, 9.17) is 0 Å². The van der Waals surface area contributed by atoms with Gasteiger partial charge in [-0.2, -0.15) is 0 Å². The van der Waals surface area contributed by atoms with Crippen molar-refractivity contribution in [2.45, 2.75) is 19.6 Å². The largest absolute Gasteiger partial charge is 0.325 e. The third kappa shape index (κ3) is 4.82. The summed E-state index contributed by atoms with van der Waals surface area (Å²) in [5.74, 6) is 0.892. The van der Waals surface area contributed by atoms with Crippen molar-refractivity contribution in [2.75, 3.05) is 11.1 Å². The van der Waals surface area contributed by atoms with Crippen LogP contribution in [0.3, 0.4) is 0 Å². The van der Waals surface area contributed by atoms with Gasteiger partial charge >= 0.3 is 0 Å². The Morgan fingerprint density at radius 2 is 1.87 bits per heavy atom. The van der Waals surface area contributed by atoms with Gasteiger partial charge in [-0.15, -0.1) is 11.8 Å². The second-order valence-electron chi connectivity index (χ2n) is 5.23. The van der Waals surface area contributed by atoms with E-state index in [2.05, 4.69) is 5.32 Å². The Kier molecular flexibility index (Phi) is 5.76. The predicted molar refractivity (Wildman–Crippen MR) is 93.8 cm³/mol. The van der Waals surface area contributed by atoms with E-state index in [1.807, 2.05) is 31.2 Å². The van der Waals surface area contributed by atoms with Gasteiger partial charge in [0.05, 0.1) is 21.9 Å². The van der Waals surface area contributed by atoms with Crippen molar-refractivity contribution in [3.05, 3.63) is 69.3 Å².